The van der Waals surface area contributed by atoms with Gasteiger partial charge in [-0.2, -0.15) is 0 Å². The second kappa shape index (κ2) is 6.02. The lowest BCUT2D eigenvalue weighted by atomic mass is 10.2. The third-order valence-electron chi connectivity index (χ3n) is 2.93. The Kier molecular flexibility index (Phi) is 4.62. The Morgan fingerprint density at radius 2 is 2.11 bits per heavy atom. The van der Waals surface area contributed by atoms with Crippen molar-refractivity contribution < 1.29 is 0 Å². The number of thiophene rings is 1. The van der Waals surface area contributed by atoms with Gasteiger partial charge in [0.1, 0.15) is 10.3 Å². The Bertz CT molecular complexity index is 514. The lowest BCUT2D eigenvalue weighted by Crippen LogP contribution is -2.21. The number of aromatic nitrogens is 1. The van der Waals surface area contributed by atoms with Gasteiger partial charge in [0.15, 0.2) is 0 Å². The molecule has 1 atom stereocenters. The molecule has 0 aliphatic carbocycles. The number of rotatable bonds is 4. The molecule has 0 radical (unpaired) electrons. The van der Waals surface area contributed by atoms with Crippen LogP contribution < -0.4 is 0 Å². The van der Waals surface area contributed by atoms with Crippen LogP contribution in [-0.2, 0) is 6.54 Å². The Balaban J connectivity index is 2.09. The molecule has 0 bridgehead atoms. The SMILES string of the molecule is CC(c1cccs1)N(C)Cc1ccc(Cl)nc1Cl. The summed E-state index contributed by atoms with van der Waals surface area (Å²) in [6.07, 6.45) is 0. The van der Waals surface area contributed by atoms with Crippen molar-refractivity contribution in [3.8, 4) is 0 Å². The predicted octanol–water partition coefficient (Wildman–Crippen LogP) is 4.64. The van der Waals surface area contributed by atoms with E-state index in [9.17, 15) is 0 Å². The van der Waals surface area contributed by atoms with Crippen LogP contribution in [0.25, 0.3) is 0 Å². The van der Waals surface area contributed by atoms with E-state index < -0.39 is 0 Å². The van der Waals surface area contributed by atoms with Crippen LogP contribution in [0.4, 0.5) is 0 Å². The van der Waals surface area contributed by atoms with Gasteiger partial charge in [-0.05, 0) is 31.5 Å². The number of hydrogen-bond donors (Lipinski definition) is 0. The second-order valence-corrected chi connectivity index (χ2v) is 5.91. The number of halogens is 2. The molecule has 2 heterocycles. The fraction of sp³-hybridized carbons (Fsp3) is 0.308. The van der Waals surface area contributed by atoms with E-state index in [1.54, 1.807) is 17.4 Å². The van der Waals surface area contributed by atoms with Crippen LogP contribution in [0.5, 0.6) is 0 Å². The molecule has 0 amide bonds. The van der Waals surface area contributed by atoms with E-state index in [0.717, 1.165) is 12.1 Å². The zero-order valence-electron chi connectivity index (χ0n) is 10.2. The van der Waals surface area contributed by atoms with Crippen molar-refractivity contribution in [3.05, 3.63) is 50.4 Å². The minimum atomic E-state index is 0.358. The Hall–Kier alpha value is -0.610. The van der Waals surface area contributed by atoms with Crippen LogP contribution in [0.1, 0.15) is 23.4 Å². The Morgan fingerprint density at radius 1 is 1.33 bits per heavy atom. The first-order valence-corrected chi connectivity index (χ1v) is 7.26. The molecule has 2 rings (SSSR count). The standard InChI is InChI=1S/C13H14Cl2N2S/c1-9(11-4-3-7-18-11)17(2)8-10-5-6-12(14)16-13(10)15/h3-7,9H,8H2,1-2H3. The molecule has 5 heteroatoms. The second-order valence-electron chi connectivity index (χ2n) is 4.19. The van der Waals surface area contributed by atoms with E-state index in [1.807, 2.05) is 6.07 Å². The van der Waals surface area contributed by atoms with E-state index in [0.29, 0.717) is 16.3 Å². The molecule has 0 spiro atoms. The van der Waals surface area contributed by atoms with Gasteiger partial charge in [0, 0.05) is 23.0 Å². The molecule has 0 N–H and O–H groups in total. The predicted molar refractivity (Wildman–Crippen MR) is 78.5 cm³/mol. The molecule has 0 fully saturated rings. The van der Waals surface area contributed by atoms with Gasteiger partial charge in [-0.15, -0.1) is 11.3 Å². The fourth-order valence-electron chi connectivity index (χ4n) is 1.71. The summed E-state index contributed by atoms with van der Waals surface area (Å²) >= 11 is 13.6. The van der Waals surface area contributed by atoms with E-state index in [2.05, 4.69) is 41.4 Å². The van der Waals surface area contributed by atoms with Crippen molar-refractivity contribution in [1.82, 2.24) is 9.88 Å². The van der Waals surface area contributed by atoms with Gasteiger partial charge >= 0.3 is 0 Å². The van der Waals surface area contributed by atoms with Crippen LogP contribution in [0.2, 0.25) is 10.3 Å². The summed E-state index contributed by atoms with van der Waals surface area (Å²) in [7, 11) is 2.08. The highest BCUT2D eigenvalue weighted by Gasteiger charge is 2.14. The van der Waals surface area contributed by atoms with Crippen molar-refractivity contribution in [3.63, 3.8) is 0 Å². The molecule has 2 aromatic rings. The van der Waals surface area contributed by atoms with Crippen LogP contribution in [0, 0.1) is 0 Å². The first kappa shape index (κ1) is 13.8. The summed E-state index contributed by atoms with van der Waals surface area (Å²) in [5.41, 5.74) is 0.993. The first-order valence-electron chi connectivity index (χ1n) is 5.62. The van der Waals surface area contributed by atoms with E-state index in [4.69, 9.17) is 23.2 Å². The highest BCUT2D eigenvalue weighted by Crippen LogP contribution is 2.26. The lowest BCUT2D eigenvalue weighted by molar-refractivity contribution is 0.256. The van der Waals surface area contributed by atoms with Crippen molar-refractivity contribution in [1.29, 1.82) is 0 Å². The van der Waals surface area contributed by atoms with Gasteiger partial charge in [0.05, 0.1) is 0 Å². The van der Waals surface area contributed by atoms with Crippen LogP contribution >= 0.6 is 34.5 Å². The molecular formula is C13H14Cl2N2S. The average Bonchev–Trinajstić information content (AvgIpc) is 2.85. The quantitative estimate of drug-likeness (QED) is 0.765. The van der Waals surface area contributed by atoms with Crippen LogP contribution in [0.15, 0.2) is 29.6 Å². The summed E-state index contributed by atoms with van der Waals surface area (Å²) in [6, 6.07) is 8.27. The molecule has 0 aliphatic heterocycles. The molecule has 1 unspecified atom stereocenters. The lowest BCUT2D eigenvalue weighted by Gasteiger charge is -2.24. The topological polar surface area (TPSA) is 16.1 Å². The van der Waals surface area contributed by atoms with Gasteiger partial charge in [-0.3, -0.25) is 4.90 Å². The maximum atomic E-state index is 6.08. The number of nitrogens with zero attached hydrogens (tertiary/aromatic N) is 2. The van der Waals surface area contributed by atoms with Gasteiger partial charge in [-0.25, -0.2) is 4.98 Å². The highest BCUT2D eigenvalue weighted by molar-refractivity contribution is 7.10. The molecular weight excluding hydrogens is 287 g/mol. The molecule has 2 nitrogen and oxygen atoms in total. The minimum absolute atomic E-state index is 0.358. The molecule has 0 saturated carbocycles. The summed E-state index contributed by atoms with van der Waals surface area (Å²) in [5, 5.41) is 3.00. The van der Waals surface area contributed by atoms with E-state index >= 15 is 0 Å². The molecule has 18 heavy (non-hydrogen) atoms. The van der Waals surface area contributed by atoms with E-state index in [1.165, 1.54) is 4.88 Å². The van der Waals surface area contributed by atoms with Gasteiger partial charge in [-0.1, -0.05) is 35.3 Å². The Labute approximate surface area is 121 Å². The summed E-state index contributed by atoms with van der Waals surface area (Å²) < 4.78 is 0. The molecule has 0 aliphatic rings. The molecule has 0 saturated heterocycles. The van der Waals surface area contributed by atoms with Gasteiger partial charge in [0.2, 0.25) is 0 Å². The molecule has 0 aromatic carbocycles. The van der Waals surface area contributed by atoms with Crippen LogP contribution in [0.3, 0.4) is 0 Å². The van der Waals surface area contributed by atoms with E-state index in [-0.39, 0.29) is 0 Å². The minimum Gasteiger partial charge on any atom is -0.294 e. The molecule has 96 valence electrons. The third-order valence-corrected chi connectivity index (χ3v) is 4.51. The zero-order valence-corrected chi connectivity index (χ0v) is 12.6. The number of pyridine rings is 1. The van der Waals surface area contributed by atoms with Gasteiger partial charge in [0.25, 0.3) is 0 Å². The summed E-state index contributed by atoms with van der Waals surface area (Å²) in [4.78, 5) is 7.64. The van der Waals surface area contributed by atoms with Crippen molar-refractivity contribution >= 4 is 34.5 Å². The average molecular weight is 301 g/mol. The van der Waals surface area contributed by atoms with Crippen LogP contribution in [-0.4, -0.2) is 16.9 Å². The van der Waals surface area contributed by atoms with Crippen molar-refractivity contribution in [2.24, 2.45) is 0 Å². The maximum absolute atomic E-state index is 6.08. The third kappa shape index (κ3) is 3.23. The monoisotopic (exact) mass is 300 g/mol. The fourth-order valence-corrected chi connectivity index (χ4v) is 2.96. The Morgan fingerprint density at radius 3 is 2.72 bits per heavy atom. The maximum Gasteiger partial charge on any atom is 0.135 e. The van der Waals surface area contributed by atoms with Crippen molar-refractivity contribution in [2.45, 2.75) is 19.5 Å². The number of hydrogen-bond acceptors (Lipinski definition) is 3. The van der Waals surface area contributed by atoms with Gasteiger partial charge < -0.3 is 0 Å². The summed E-state index contributed by atoms with van der Waals surface area (Å²) in [6.45, 7) is 2.94. The van der Waals surface area contributed by atoms with Crippen molar-refractivity contribution in [2.75, 3.05) is 7.05 Å². The summed E-state index contributed by atoms with van der Waals surface area (Å²) in [5.74, 6) is 0. The first-order chi connectivity index (χ1) is 8.58. The normalized spacial score (nSPS) is 12.9. The largest absolute Gasteiger partial charge is 0.294 e. The smallest absolute Gasteiger partial charge is 0.135 e. The molecule has 2 aromatic heterocycles. The highest BCUT2D eigenvalue weighted by atomic mass is 35.5. The zero-order chi connectivity index (χ0) is 13.1.